The van der Waals surface area contributed by atoms with E-state index in [4.69, 9.17) is 0 Å². The number of hydrogen-bond acceptors (Lipinski definition) is 2. The molecule has 1 heterocycles. The lowest BCUT2D eigenvalue weighted by Crippen LogP contribution is -2.40. The SMILES string of the molecule is Cc1ccc2c(c1)C(NC1CCC1)CCN2. The van der Waals surface area contributed by atoms with Gasteiger partial charge in [0.1, 0.15) is 0 Å². The van der Waals surface area contributed by atoms with Crippen LogP contribution in [-0.2, 0) is 0 Å². The second-order valence-corrected chi connectivity index (χ2v) is 5.15. The fraction of sp³-hybridized carbons (Fsp3) is 0.571. The molecular weight excluding hydrogens is 196 g/mol. The molecule has 2 nitrogen and oxygen atoms in total. The third kappa shape index (κ3) is 1.82. The predicted octanol–water partition coefficient (Wildman–Crippen LogP) is 2.99. The van der Waals surface area contributed by atoms with E-state index in [0.29, 0.717) is 6.04 Å². The van der Waals surface area contributed by atoms with E-state index in [1.807, 2.05) is 0 Å². The summed E-state index contributed by atoms with van der Waals surface area (Å²) in [6, 6.07) is 8.09. The van der Waals surface area contributed by atoms with Crippen molar-refractivity contribution in [1.82, 2.24) is 5.32 Å². The molecule has 1 unspecified atom stereocenters. The van der Waals surface area contributed by atoms with E-state index in [9.17, 15) is 0 Å². The molecule has 1 saturated carbocycles. The van der Waals surface area contributed by atoms with Crippen molar-refractivity contribution in [1.29, 1.82) is 0 Å². The maximum absolute atomic E-state index is 3.80. The number of fused-ring (bicyclic) bond motifs is 1. The van der Waals surface area contributed by atoms with Gasteiger partial charge in [0, 0.05) is 24.3 Å². The van der Waals surface area contributed by atoms with Crippen LogP contribution in [0.3, 0.4) is 0 Å². The van der Waals surface area contributed by atoms with E-state index in [1.165, 1.54) is 42.5 Å². The molecule has 1 atom stereocenters. The molecular formula is C14H20N2. The Bertz CT molecular complexity index is 382. The maximum atomic E-state index is 3.80. The molecule has 1 aliphatic carbocycles. The quantitative estimate of drug-likeness (QED) is 0.794. The molecule has 1 aliphatic heterocycles. The first kappa shape index (κ1) is 10.2. The molecule has 0 radical (unpaired) electrons. The van der Waals surface area contributed by atoms with Gasteiger partial charge in [0.05, 0.1) is 0 Å². The Hall–Kier alpha value is -1.02. The first-order valence-electron chi connectivity index (χ1n) is 6.43. The predicted molar refractivity (Wildman–Crippen MR) is 67.8 cm³/mol. The minimum atomic E-state index is 0.571. The zero-order valence-electron chi connectivity index (χ0n) is 9.92. The second kappa shape index (κ2) is 4.10. The van der Waals surface area contributed by atoms with Crippen LogP contribution in [0.5, 0.6) is 0 Å². The molecule has 2 heteroatoms. The molecule has 86 valence electrons. The summed E-state index contributed by atoms with van der Waals surface area (Å²) in [5, 5.41) is 7.29. The van der Waals surface area contributed by atoms with Crippen LogP contribution in [0.4, 0.5) is 5.69 Å². The molecule has 1 aromatic rings. The van der Waals surface area contributed by atoms with Crippen molar-refractivity contribution >= 4 is 5.69 Å². The smallest absolute Gasteiger partial charge is 0.0388 e. The van der Waals surface area contributed by atoms with Crippen molar-refractivity contribution in [2.45, 2.75) is 44.7 Å². The van der Waals surface area contributed by atoms with E-state index in [1.54, 1.807) is 0 Å². The summed E-state index contributed by atoms with van der Waals surface area (Å²) in [6.07, 6.45) is 5.35. The van der Waals surface area contributed by atoms with Gasteiger partial charge < -0.3 is 10.6 Å². The first-order chi connectivity index (χ1) is 7.83. The monoisotopic (exact) mass is 216 g/mol. The molecule has 0 aromatic heterocycles. The van der Waals surface area contributed by atoms with Crippen molar-refractivity contribution < 1.29 is 0 Å². The van der Waals surface area contributed by atoms with Crippen molar-refractivity contribution in [2.24, 2.45) is 0 Å². The normalized spacial score (nSPS) is 24.4. The summed E-state index contributed by atoms with van der Waals surface area (Å²) in [5.41, 5.74) is 4.16. The summed E-state index contributed by atoms with van der Waals surface area (Å²) in [6.45, 7) is 3.27. The Morgan fingerprint density at radius 2 is 2.12 bits per heavy atom. The number of nitrogens with one attached hydrogen (secondary N) is 2. The fourth-order valence-electron chi connectivity index (χ4n) is 2.67. The van der Waals surface area contributed by atoms with Gasteiger partial charge in [-0.25, -0.2) is 0 Å². The van der Waals surface area contributed by atoms with Crippen LogP contribution >= 0.6 is 0 Å². The third-order valence-corrected chi connectivity index (χ3v) is 3.87. The Labute approximate surface area is 97.4 Å². The molecule has 0 bridgehead atoms. The first-order valence-corrected chi connectivity index (χ1v) is 6.43. The van der Waals surface area contributed by atoms with Crippen molar-refractivity contribution in [3.8, 4) is 0 Å². The minimum Gasteiger partial charge on any atom is -0.385 e. The van der Waals surface area contributed by atoms with E-state index < -0.39 is 0 Å². The van der Waals surface area contributed by atoms with Gasteiger partial charge in [-0.15, -0.1) is 0 Å². The van der Waals surface area contributed by atoms with Crippen LogP contribution < -0.4 is 10.6 Å². The topological polar surface area (TPSA) is 24.1 Å². The lowest BCUT2D eigenvalue weighted by atomic mass is 9.89. The number of benzene rings is 1. The Morgan fingerprint density at radius 1 is 1.25 bits per heavy atom. The zero-order valence-corrected chi connectivity index (χ0v) is 9.92. The highest BCUT2D eigenvalue weighted by molar-refractivity contribution is 5.55. The van der Waals surface area contributed by atoms with E-state index >= 15 is 0 Å². The maximum Gasteiger partial charge on any atom is 0.0388 e. The fourth-order valence-corrected chi connectivity index (χ4v) is 2.67. The van der Waals surface area contributed by atoms with Crippen molar-refractivity contribution in [3.05, 3.63) is 29.3 Å². The van der Waals surface area contributed by atoms with Crippen LogP contribution in [0.1, 0.15) is 42.9 Å². The van der Waals surface area contributed by atoms with E-state index in [-0.39, 0.29) is 0 Å². The lowest BCUT2D eigenvalue weighted by molar-refractivity contribution is 0.298. The summed E-state index contributed by atoms with van der Waals surface area (Å²) < 4.78 is 0. The molecule has 0 amide bonds. The molecule has 0 saturated heterocycles. The van der Waals surface area contributed by atoms with Gasteiger partial charge in [0.15, 0.2) is 0 Å². The largest absolute Gasteiger partial charge is 0.385 e. The summed E-state index contributed by atoms with van der Waals surface area (Å²) in [7, 11) is 0. The number of anilines is 1. The molecule has 0 spiro atoms. The Kier molecular flexibility index (Phi) is 2.60. The van der Waals surface area contributed by atoms with Gasteiger partial charge in [-0.05, 0) is 37.8 Å². The van der Waals surface area contributed by atoms with E-state index in [0.717, 1.165) is 12.6 Å². The molecule has 1 fully saturated rings. The molecule has 1 aromatic carbocycles. The minimum absolute atomic E-state index is 0.571. The second-order valence-electron chi connectivity index (χ2n) is 5.15. The van der Waals surface area contributed by atoms with E-state index in [2.05, 4.69) is 35.8 Å². The zero-order chi connectivity index (χ0) is 11.0. The summed E-state index contributed by atoms with van der Waals surface area (Å²) >= 11 is 0. The highest BCUT2D eigenvalue weighted by Gasteiger charge is 2.25. The molecule has 2 N–H and O–H groups in total. The molecule has 16 heavy (non-hydrogen) atoms. The van der Waals surface area contributed by atoms with Crippen molar-refractivity contribution in [2.75, 3.05) is 11.9 Å². The standard InChI is InChI=1S/C14H20N2/c1-10-5-6-13-12(9-10)14(7-8-15-13)16-11-3-2-4-11/h5-6,9,11,14-16H,2-4,7-8H2,1H3. The van der Waals surface area contributed by atoms with Gasteiger partial charge in [-0.1, -0.05) is 24.1 Å². The van der Waals surface area contributed by atoms with Gasteiger partial charge in [-0.2, -0.15) is 0 Å². The Morgan fingerprint density at radius 3 is 2.88 bits per heavy atom. The summed E-state index contributed by atoms with van der Waals surface area (Å²) in [5.74, 6) is 0. The highest BCUT2D eigenvalue weighted by Crippen LogP contribution is 2.32. The van der Waals surface area contributed by atoms with Gasteiger partial charge in [0.25, 0.3) is 0 Å². The number of hydrogen-bond donors (Lipinski definition) is 2. The highest BCUT2D eigenvalue weighted by atomic mass is 15.0. The van der Waals surface area contributed by atoms with Crippen LogP contribution in [0, 0.1) is 6.92 Å². The average molecular weight is 216 g/mol. The van der Waals surface area contributed by atoms with Gasteiger partial charge >= 0.3 is 0 Å². The number of aryl methyl sites for hydroxylation is 1. The van der Waals surface area contributed by atoms with Crippen LogP contribution in [0.25, 0.3) is 0 Å². The molecule has 2 aliphatic rings. The van der Waals surface area contributed by atoms with Crippen LogP contribution in [-0.4, -0.2) is 12.6 Å². The van der Waals surface area contributed by atoms with Crippen LogP contribution in [0.15, 0.2) is 18.2 Å². The van der Waals surface area contributed by atoms with Gasteiger partial charge in [-0.3, -0.25) is 0 Å². The third-order valence-electron chi connectivity index (χ3n) is 3.87. The summed E-state index contributed by atoms with van der Waals surface area (Å²) in [4.78, 5) is 0. The van der Waals surface area contributed by atoms with Gasteiger partial charge in [0.2, 0.25) is 0 Å². The average Bonchev–Trinajstić information content (AvgIpc) is 2.23. The lowest BCUT2D eigenvalue weighted by Gasteiger charge is -2.35. The van der Waals surface area contributed by atoms with Crippen molar-refractivity contribution in [3.63, 3.8) is 0 Å². The van der Waals surface area contributed by atoms with Crippen LogP contribution in [0.2, 0.25) is 0 Å². The Balaban J connectivity index is 1.83. The molecule has 3 rings (SSSR count). The number of rotatable bonds is 2.